The van der Waals surface area contributed by atoms with Gasteiger partial charge in [-0.3, -0.25) is 0 Å². The van der Waals surface area contributed by atoms with Gasteiger partial charge in [0.1, 0.15) is 0 Å². The number of nitrogens with zero attached hydrogens (tertiary/aromatic N) is 2. The molecular weight excluding hydrogens is 286 g/mol. The Labute approximate surface area is 128 Å². The molecule has 0 bridgehead atoms. The first kappa shape index (κ1) is 16.4. The molecule has 0 amide bonds. The van der Waals surface area contributed by atoms with E-state index in [4.69, 9.17) is 0 Å². The average Bonchev–Trinajstić information content (AvgIpc) is 2.48. The molecule has 6 heteroatoms. The van der Waals surface area contributed by atoms with Gasteiger partial charge in [-0.15, -0.1) is 0 Å². The van der Waals surface area contributed by atoms with E-state index in [1.165, 1.54) is 0 Å². The van der Waals surface area contributed by atoms with E-state index in [0.717, 1.165) is 24.9 Å². The van der Waals surface area contributed by atoms with Gasteiger partial charge in [-0.1, -0.05) is 12.1 Å². The summed E-state index contributed by atoms with van der Waals surface area (Å²) in [5, 5.41) is 3.06. The summed E-state index contributed by atoms with van der Waals surface area (Å²) in [6.07, 6.45) is 1.97. The fourth-order valence-electron chi connectivity index (χ4n) is 2.69. The third-order valence-electron chi connectivity index (χ3n) is 4.03. The minimum atomic E-state index is -3.37. The standard InChI is InChI=1S/C15H25N3O2S/c1-16-11-13-6-8-15(9-7-13)21(19,20)18-10-4-5-14(12-18)17(2)3/h6-9,14,16H,4-5,10-12H2,1-3H3. The van der Waals surface area contributed by atoms with Crippen molar-refractivity contribution in [2.24, 2.45) is 0 Å². The predicted molar refractivity (Wildman–Crippen MR) is 84.7 cm³/mol. The van der Waals surface area contributed by atoms with Gasteiger partial charge in [0.2, 0.25) is 10.0 Å². The first-order valence-corrected chi connectivity index (χ1v) is 8.79. The van der Waals surface area contributed by atoms with Crippen molar-refractivity contribution in [3.05, 3.63) is 29.8 Å². The maximum atomic E-state index is 12.7. The van der Waals surface area contributed by atoms with E-state index in [0.29, 0.717) is 24.0 Å². The molecule has 0 aromatic heterocycles. The molecule has 1 aromatic carbocycles. The summed E-state index contributed by atoms with van der Waals surface area (Å²) < 4.78 is 27.1. The molecule has 1 saturated heterocycles. The summed E-state index contributed by atoms with van der Waals surface area (Å²) in [5.74, 6) is 0. The highest BCUT2D eigenvalue weighted by Gasteiger charge is 2.30. The molecule has 0 spiro atoms. The Bertz CT molecular complexity index is 555. The smallest absolute Gasteiger partial charge is 0.243 e. The Kier molecular flexibility index (Phi) is 5.37. The maximum Gasteiger partial charge on any atom is 0.243 e. The molecule has 1 aliphatic rings. The molecule has 1 heterocycles. The molecule has 0 saturated carbocycles. The second kappa shape index (κ2) is 6.87. The zero-order valence-electron chi connectivity index (χ0n) is 13.0. The molecule has 118 valence electrons. The highest BCUT2D eigenvalue weighted by molar-refractivity contribution is 7.89. The number of rotatable bonds is 5. The molecule has 1 aromatic rings. The number of sulfonamides is 1. The molecule has 1 unspecified atom stereocenters. The van der Waals surface area contributed by atoms with Gasteiger partial charge < -0.3 is 10.2 Å². The van der Waals surface area contributed by atoms with Crippen molar-refractivity contribution in [3.8, 4) is 0 Å². The van der Waals surface area contributed by atoms with E-state index in [1.54, 1.807) is 16.4 Å². The Morgan fingerprint density at radius 2 is 1.95 bits per heavy atom. The van der Waals surface area contributed by atoms with Crippen LogP contribution in [0.15, 0.2) is 29.2 Å². The van der Waals surface area contributed by atoms with Crippen LogP contribution in [-0.2, 0) is 16.6 Å². The molecule has 1 N–H and O–H groups in total. The Morgan fingerprint density at radius 3 is 2.52 bits per heavy atom. The fraction of sp³-hybridized carbons (Fsp3) is 0.600. The number of benzene rings is 1. The van der Waals surface area contributed by atoms with Gasteiger partial charge in [-0.05, 0) is 51.7 Å². The molecular formula is C15H25N3O2S. The van der Waals surface area contributed by atoms with Gasteiger partial charge in [-0.2, -0.15) is 4.31 Å². The minimum absolute atomic E-state index is 0.303. The lowest BCUT2D eigenvalue weighted by Crippen LogP contribution is -2.47. The first-order valence-electron chi connectivity index (χ1n) is 7.35. The van der Waals surface area contributed by atoms with Crippen molar-refractivity contribution in [2.75, 3.05) is 34.2 Å². The van der Waals surface area contributed by atoms with Crippen LogP contribution in [0.5, 0.6) is 0 Å². The summed E-state index contributed by atoms with van der Waals surface area (Å²) >= 11 is 0. The van der Waals surface area contributed by atoms with Crippen LogP contribution in [0.25, 0.3) is 0 Å². The van der Waals surface area contributed by atoms with Crippen molar-refractivity contribution in [3.63, 3.8) is 0 Å². The molecule has 21 heavy (non-hydrogen) atoms. The van der Waals surface area contributed by atoms with Gasteiger partial charge in [-0.25, -0.2) is 8.42 Å². The number of hydrogen-bond donors (Lipinski definition) is 1. The van der Waals surface area contributed by atoms with Crippen LogP contribution < -0.4 is 5.32 Å². The fourth-order valence-corrected chi connectivity index (χ4v) is 4.21. The molecule has 1 fully saturated rings. The van der Waals surface area contributed by atoms with Crippen LogP contribution in [0.4, 0.5) is 0 Å². The number of nitrogens with one attached hydrogen (secondary N) is 1. The Balaban J connectivity index is 2.17. The molecule has 0 aliphatic carbocycles. The van der Waals surface area contributed by atoms with Gasteiger partial charge in [0.15, 0.2) is 0 Å². The lowest BCUT2D eigenvalue weighted by Gasteiger charge is -2.35. The van der Waals surface area contributed by atoms with Gasteiger partial charge in [0, 0.05) is 25.7 Å². The summed E-state index contributed by atoms with van der Waals surface area (Å²) in [4.78, 5) is 2.50. The zero-order valence-corrected chi connectivity index (χ0v) is 13.9. The second-order valence-electron chi connectivity index (χ2n) is 5.80. The third kappa shape index (κ3) is 3.83. The summed E-state index contributed by atoms with van der Waals surface area (Å²) in [5.41, 5.74) is 1.08. The van der Waals surface area contributed by atoms with Crippen molar-refractivity contribution < 1.29 is 8.42 Å². The zero-order chi connectivity index (χ0) is 15.5. The molecule has 0 radical (unpaired) electrons. The second-order valence-corrected chi connectivity index (χ2v) is 7.73. The average molecular weight is 311 g/mol. The van der Waals surface area contributed by atoms with Crippen LogP contribution in [0, 0.1) is 0 Å². The van der Waals surface area contributed by atoms with Crippen molar-refractivity contribution in [2.45, 2.75) is 30.3 Å². The summed E-state index contributed by atoms with van der Waals surface area (Å²) in [6.45, 7) is 1.94. The van der Waals surface area contributed by atoms with Crippen LogP contribution in [0.3, 0.4) is 0 Å². The van der Waals surface area contributed by atoms with Crippen LogP contribution in [0.1, 0.15) is 18.4 Å². The monoisotopic (exact) mass is 311 g/mol. The van der Waals surface area contributed by atoms with Gasteiger partial charge in [0.05, 0.1) is 4.90 Å². The van der Waals surface area contributed by atoms with E-state index < -0.39 is 10.0 Å². The summed E-state index contributed by atoms with van der Waals surface area (Å²) in [6, 6.07) is 7.47. The Morgan fingerprint density at radius 1 is 1.29 bits per heavy atom. The molecule has 5 nitrogen and oxygen atoms in total. The van der Waals surface area contributed by atoms with Crippen LogP contribution in [-0.4, -0.2) is 57.9 Å². The molecule has 1 atom stereocenters. The van der Waals surface area contributed by atoms with E-state index >= 15 is 0 Å². The number of likely N-dealkylation sites (N-methyl/N-ethyl adjacent to an activating group) is 1. The van der Waals surface area contributed by atoms with Gasteiger partial charge in [0.25, 0.3) is 0 Å². The van der Waals surface area contributed by atoms with Crippen molar-refractivity contribution in [1.82, 2.24) is 14.5 Å². The molecule has 1 aliphatic heterocycles. The van der Waals surface area contributed by atoms with Crippen molar-refractivity contribution in [1.29, 1.82) is 0 Å². The Hall–Kier alpha value is -0.950. The number of hydrogen-bond acceptors (Lipinski definition) is 4. The lowest BCUT2D eigenvalue weighted by molar-refractivity contribution is 0.190. The molecule has 2 rings (SSSR count). The maximum absolute atomic E-state index is 12.7. The van der Waals surface area contributed by atoms with Crippen LogP contribution >= 0.6 is 0 Å². The highest BCUT2D eigenvalue weighted by atomic mass is 32.2. The topological polar surface area (TPSA) is 52.7 Å². The normalized spacial score (nSPS) is 20.9. The van der Waals surface area contributed by atoms with Gasteiger partial charge >= 0.3 is 0 Å². The third-order valence-corrected chi connectivity index (χ3v) is 5.91. The predicted octanol–water partition coefficient (Wildman–Crippen LogP) is 1.12. The lowest BCUT2D eigenvalue weighted by atomic mass is 10.1. The largest absolute Gasteiger partial charge is 0.316 e. The van der Waals surface area contributed by atoms with E-state index in [1.807, 2.05) is 33.3 Å². The quantitative estimate of drug-likeness (QED) is 0.885. The van der Waals surface area contributed by atoms with E-state index in [2.05, 4.69) is 10.2 Å². The first-order chi connectivity index (χ1) is 9.95. The SMILES string of the molecule is CNCc1ccc(S(=O)(=O)N2CCCC(N(C)C)C2)cc1. The van der Waals surface area contributed by atoms with E-state index in [-0.39, 0.29) is 0 Å². The minimum Gasteiger partial charge on any atom is -0.316 e. The summed E-state index contributed by atoms with van der Waals surface area (Å²) in [7, 11) is 2.52. The van der Waals surface area contributed by atoms with Crippen LogP contribution in [0.2, 0.25) is 0 Å². The van der Waals surface area contributed by atoms with E-state index in [9.17, 15) is 8.42 Å². The highest BCUT2D eigenvalue weighted by Crippen LogP contribution is 2.22. The number of piperidine rings is 1. The van der Waals surface area contributed by atoms with Crippen molar-refractivity contribution >= 4 is 10.0 Å².